The lowest BCUT2D eigenvalue weighted by molar-refractivity contribution is -0.132. The maximum absolute atomic E-state index is 12.8. The summed E-state index contributed by atoms with van der Waals surface area (Å²) in [6, 6.07) is 7.27. The fourth-order valence-corrected chi connectivity index (χ4v) is 3.25. The van der Waals surface area contributed by atoms with Crippen LogP contribution in [0.3, 0.4) is 0 Å². The fourth-order valence-electron chi connectivity index (χ4n) is 3.03. The summed E-state index contributed by atoms with van der Waals surface area (Å²) in [5.74, 6) is 1.52. The highest BCUT2D eigenvalue weighted by molar-refractivity contribution is 6.33. The van der Waals surface area contributed by atoms with Crippen molar-refractivity contribution in [1.29, 1.82) is 0 Å². The van der Waals surface area contributed by atoms with Gasteiger partial charge in [-0.2, -0.15) is 0 Å². The molecule has 3 aromatic rings. The molecule has 0 saturated carbocycles. The van der Waals surface area contributed by atoms with Crippen molar-refractivity contribution in [3.05, 3.63) is 52.2 Å². The molecule has 0 atom stereocenters. The zero-order chi connectivity index (χ0) is 20.1. The molecular formula is C20H23ClN4O3. The van der Waals surface area contributed by atoms with Crippen LogP contribution >= 0.6 is 11.6 Å². The number of amides is 1. The summed E-state index contributed by atoms with van der Waals surface area (Å²) in [6.45, 7) is 6.65. The number of benzene rings is 1. The Hall–Kier alpha value is -2.67. The van der Waals surface area contributed by atoms with Crippen LogP contribution in [0.5, 0.6) is 0 Å². The summed E-state index contributed by atoms with van der Waals surface area (Å²) in [7, 11) is 0. The Balaban J connectivity index is 1.67. The van der Waals surface area contributed by atoms with Gasteiger partial charge in [-0.3, -0.25) is 4.79 Å². The highest BCUT2D eigenvalue weighted by atomic mass is 35.5. The van der Waals surface area contributed by atoms with Gasteiger partial charge in [0.25, 0.3) is 0 Å². The van der Waals surface area contributed by atoms with E-state index in [0.717, 1.165) is 23.4 Å². The van der Waals surface area contributed by atoms with Gasteiger partial charge < -0.3 is 13.8 Å². The van der Waals surface area contributed by atoms with Crippen LogP contribution in [0.2, 0.25) is 5.02 Å². The molecule has 0 aliphatic rings. The van der Waals surface area contributed by atoms with Crippen molar-refractivity contribution in [2.24, 2.45) is 0 Å². The molecule has 0 fully saturated rings. The number of rotatable bonds is 8. The molecule has 0 spiro atoms. The fraction of sp³-hybridized carbons (Fsp3) is 0.400. The van der Waals surface area contributed by atoms with Gasteiger partial charge in [-0.05, 0) is 38.8 Å². The molecule has 0 bridgehead atoms. The summed E-state index contributed by atoms with van der Waals surface area (Å²) < 4.78 is 10.9. The van der Waals surface area contributed by atoms with Gasteiger partial charge in [0.1, 0.15) is 5.76 Å². The zero-order valence-corrected chi connectivity index (χ0v) is 17.0. The maximum Gasteiger partial charge on any atom is 0.249 e. The number of carbonyl (C=O) groups is 1. The van der Waals surface area contributed by atoms with Crippen LogP contribution in [0.4, 0.5) is 0 Å². The quantitative estimate of drug-likeness (QED) is 0.556. The molecule has 28 heavy (non-hydrogen) atoms. The molecule has 0 aliphatic heterocycles. The van der Waals surface area contributed by atoms with Crippen LogP contribution < -0.4 is 0 Å². The topological polar surface area (TPSA) is 85.3 Å². The Morgan fingerprint density at radius 2 is 2.00 bits per heavy atom. The molecule has 2 aromatic heterocycles. The maximum atomic E-state index is 12.8. The number of nitrogens with zero attached hydrogens (tertiary/aromatic N) is 4. The van der Waals surface area contributed by atoms with Crippen LogP contribution in [0.15, 0.2) is 33.2 Å². The third-order valence-corrected chi connectivity index (χ3v) is 4.84. The first-order chi connectivity index (χ1) is 13.5. The van der Waals surface area contributed by atoms with Gasteiger partial charge >= 0.3 is 0 Å². The molecule has 0 radical (unpaired) electrons. The van der Waals surface area contributed by atoms with Gasteiger partial charge in [0.05, 0.1) is 22.8 Å². The third kappa shape index (κ3) is 4.59. The number of hydrogen-bond donors (Lipinski definition) is 0. The molecule has 2 heterocycles. The van der Waals surface area contributed by atoms with E-state index in [2.05, 4.69) is 15.4 Å². The SMILES string of the molecule is CCCN(Cc1nnc(-c2ccccc2Cl)o1)C(=O)CCc1c(C)noc1C. The van der Waals surface area contributed by atoms with E-state index in [1.54, 1.807) is 11.0 Å². The van der Waals surface area contributed by atoms with Crippen molar-refractivity contribution in [2.45, 2.75) is 46.6 Å². The average Bonchev–Trinajstić information content (AvgIpc) is 3.26. The second-order valence-electron chi connectivity index (χ2n) is 6.60. The molecule has 1 amide bonds. The zero-order valence-electron chi connectivity index (χ0n) is 16.2. The number of aryl methyl sites for hydroxylation is 2. The van der Waals surface area contributed by atoms with E-state index in [4.69, 9.17) is 20.5 Å². The first-order valence-corrected chi connectivity index (χ1v) is 9.64. The second kappa shape index (κ2) is 9.01. The van der Waals surface area contributed by atoms with E-state index in [1.165, 1.54) is 0 Å². The van der Waals surface area contributed by atoms with Gasteiger partial charge in [-0.25, -0.2) is 0 Å². The monoisotopic (exact) mass is 402 g/mol. The third-order valence-electron chi connectivity index (χ3n) is 4.51. The van der Waals surface area contributed by atoms with Gasteiger partial charge in [-0.1, -0.05) is 35.8 Å². The van der Waals surface area contributed by atoms with Crippen LogP contribution in [0.1, 0.15) is 42.7 Å². The van der Waals surface area contributed by atoms with E-state index in [1.807, 2.05) is 39.0 Å². The van der Waals surface area contributed by atoms with Crippen molar-refractivity contribution in [1.82, 2.24) is 20.3 Å². The predicted molar refractivity (Wildman–Crippen MR) is 105 cm³/mol. The van der Waals surface area contributed by atoms with E-state index < -0.39 is 0 Å². The van der Waals surface area contributed by atoms with E-state index >= 15 is 0 Å². The smallest absolute Gasteiger partial charge is 0.249 e. The summed E-state index contributed by atoms with van der Waals surface area (Å²) in [5.41, 5.74) is 2.49. The van der Waals surface area contributed by atoms with Crippen molar-refractivity contribution in [2.75, 3.05) is 6.54 Å². The Labute approximate surface area is 168 Å². The van der Waals surface area contributed by atoms with E-state index in [0.29, 0.717) is 41.8 Å². The Kier molecular flexibility index (Phi) is 6.46. The summed E-state index contributed by atoms with van der Waals surface area (Å²) in [6.07, 6.45) is 1.80. The molecule has 0 unspecified atom stereocenters. The summed E-state index contributed by atoms with van der Waals surface area (Å²) >= 11 is 6.18. The largest absolute Gasteiger partial charge is 0.419 e. The number of carbonyl (C=O) groups excluding carboxylic acids is 1. The molecule has 0 N–H and O–H groups in total. The Morgan fingerprint density at radius 1 is 1.21 bits per heavy atom. The lowest BCUT2D eigenvalue weighted by Gasteiger charge is -2.20. The average molecular weight is 403 g/mol. The van der Waals surface area contributed by atoms with Crippen LogP contribution in [-0.2, 0) is 17.8 Å². The highest BCUT2D eigenvalue weighted by Crippen LogP contribution is 2.26. The van der Waals surface area contributed by atoms with Crippen molar-refractivity contribution in [3.8, 4) is 11.5 Å². The van der Waals surface area contributed by atoms with Gasteiger partial charge in [0, 0.05) is 18.5 Å². The van der Waals surface area contributed by atoms with Crippen molar-refractivity contribution < 1.29 is 13.7 Å². The normalized spacial score (nSPS) is 11.0. The first kappa shape index (κ1) is 20.1. The standard InChI is InChI=1S/C20H23ClN4O3/c1-4-11-25(19(26)10-9-15-13(2)24-28-14(15)3)12-18-22-23-20(27-18)16-7-5-6-8-17(16)21/h5-8H,4,9-12H2,1-3H3. The second-order valence-corrected chi connectivity index (χ2v) is 7.01. The first-order valence-electron chi connectivity index (χ1n) is 9.26. The molecule has 8 heteroatoms. The molecule has 0 aliphatic carbocycles. The lowest BCUT2D eigenvalue weighted by atomic mass is 10.1. The lowest BCUT2D eigenvalue weighted by Crippen LogP contribution is -2.31. The number of aromatic nitrogens is 3. The molecule has 7 nitrogen and oxygen atoms in total. The predicted octanol–water partition coefficient (Wildman–Crippen LogP) is 4.37. The van der Waals surface area contributed by atoms with E-state index in [9.17, 15) is 4.79 Å². The minimum Gasteiger partial charge on any atom is -0.419 e. The van der Waals surface area contributed by atoms with Gasteiger partial charge in [0.15, 0.2) is 0 Å². The van der Waals surface area contributed by atoms with Gasteiger partial charge in [-0.15, -0.1) is 10.2 Å². The minimum atomic E-state index is 0.0272. The van der Waals surface area contributed by atoms with Crippen molar-refractivity contribution >= 4 is 17.5 Å². The molecular weight excluding hydrogens is 380 g/mol. The molecule has 1 aromatic carbocycles. The van der Waals surface area contributed by atoms with Crippen LogP contribution in [0, 0.1) is 13.8 Å². The Bertz CT molecular complexity index is 931. The highest BCUT2D eigenvalue weighted by Gasteiger charge is 2.19. The molecule has 148 valence electrons. The molecule has 3 rings (SSSR count). The molecule has 0 saturated heterocycles. The summed E-state index contributed by atoms with van der Waals surface area (Å²) in [5, 5.41) is 12.6. The number of hydrogen-bond acceptors (Lipinski definition) is 6. The summed E-state index contributed by atoms with van der Waals surface area (Å²) in [4.78, 5) is 14.5. The van der Waals surface area contributed by atoms with Gasteiger partial charge in [0.2, 0.25) is 17.7 Å². The number of halogens is 1. The Morgan fingerprint density at radius 3 is 2.68 bits per heavy atom. The van der Waals surface area contributed by atoms with Crippen LogP contribution in [0.25, 0.3) is 11.5 Å². The van der Waals surface area contributed by atoms with Crippen molar-refractivity contribution in [3.63, 3.8) is 0 Å². The minimum absolute atomic E-state index is 0.0272. The van der Waals surface area contributed by atoms with Crippen LogP contribution in [-0.4, -0.2) is 32.7 Å². The van der Waals surface area contributed by atoms with E-state index in [-0.39, 0.29) is 12.5 Å².